The number of amides is 1. The quantitative estimate of drug-likeness (QED) is 0.683. The number of para-hydroxylation sites is 1. The lowest BCUT2D eigenvalue weighted by Crippen LogP contribution is -2.28. The van der Waals surface area contributed by atoms with Crippen LogP contribution in [0.4, 0.5) is 0 Å². The Labute approximate surface area is 108 Å². The molecule has 0 aliphatic carbocycles. The van der Waals surface area contributed by atoms with Crippen LogP contribution in [0.25, 0.3) is 11.0 Å². The Bertz CT molecular complexity index is 675. The van der Waals surface area contributed by atoms with E-state index in [9.17, 15) is 9.59 Å². The average molecular weight is 264 g/mol. The molecule has 2 rings (SSSR count). The monoisotopic (exact) mass is 263 g/mol. The number of hydrogen-bond acceptors (Lipinski definition) is 3. The van der Waals surface area contributed by atoms with E-state index >= 15 is 0 Å². The molecule has 1 heterocycles. The summed E-state index contributed by atoms with van der Waals surface area (Å²) in [4.78, 5) is 23.4. The predicted octanol–water partition coefficient (Wildman–Crippen LogP) is 2.36. The maximum absolute atomic E-state index is 11.7. The van der Waals surface area contributed by atoms with Gasteiger partial charge in [0, 0.05) is 11.9 Å². The van der Waals surface area contributed by atoms with Gasteiger partial charge < -0.3 is 9.73 Å². The van der Waals surface area contributed by atoms with Gasteiger partial charge in [-0.3, -0.25) is 4.79 Å². The fraction of sp³-hybridized carbons (Fsp3) is 0.0769. The summed E-state index contributed by atoms with van der Waals surface area (Å²) in [5.74, 6) is -0.495. The van der Waals surface area contributed by atoms with Crippen LogP contribution in [-0.2, 0) is 0 Å². The summed E-state index contributed by atoms with van der Waals surface area (Å²) in [6.45, 7) is 3.76. The van der Waals surface area contributed by atoms with E-state index in [1.54, 1.807) is 18.2 Å². The summed E-state index contributed by atoms with van der Waals surface area (Å²) in [6.07, 6.45) is 1.53. The van der Waals surface area contributed by atoms with Crippen LogP contribution in [0.2, 0.25) is 5.02 Å². The lowest BCUT2D eigenvalue weighted by atomic mass is 10.2. The number of halogens is 1. The van der Waals surface area contributed by atoms with Crippen molar-refractivity contribution in [2.45, 2.75) is 0 Å². The standard InChI is InChI=1S/C13H10ClNO3/c1-2-6-15-12(16)9-7-8-4-3-5-10(14)11(8)18-13(9)17/h2-5,7H,1,6H2,(H,15,16). The zero-order valence-corrected chi connectivity index (χ0v) is 10.2. The van der Waals surface area contributed by atoms with Crippen molar-refractivity contribution in [2.24, 2.45) is 0 Å². The van der Waals surface area contributed by atoms with Gasteiger partial charge in [-0.05, 0) is 12.1 Å². The van der Waals surface area contributed by atoms with Gasteiger partial charge in [-0.25, -0.2) is 4.79 Å². The Morgan fingerprint density at radius 3 is 3.00 bits per heavy atom. The van der Waals surface area contributed by atoms with E-state index in [2.05, 4.69) is 11.9 Å². The van der Waals surface area contributed by atoms with Crippen LogP contribution in [0.5, 0.6) is 0 Å². The second kappa shape index (κ2) is 5.06. The average Bonchev–Trinajstić information content (AvgIpc) is 2.36. The molecule has 5 heteroatoms. The molecule has 1 N–H and O–H groups in total. The molecule has 0 atom stereocenters. The third-order valence-electron chi connectivity index (χ3n) is 2.36. The first kappa shape index (κ1) is 12.4. The van der Waals surface area contributed by atoms with Gasteiger partial charge in [0.15, 0.2) is 5.58 Å². The van der Waals surface area contributed by atoms with Crippen LogP contribution >= 0.6 is 11.6 Å². The van der Waals surface area contributed by atoms with Crippen molar-refractivity contribution in [1.82, 2.24) is 5.32 Å². The molecule has 92 valence electrons. The minimum Gasteiger partial charge on any atom is -0.421 e. The van der Waals surface area contributed by atoms with Crippen molar-refractivity contribution < 1.29 is 9.21 Å². The SMILES string of the molecule is C=CCNC(=O)c1cc2cccc(Cl)c2oc1=O. The normalized spacial score (nSPS) is 10.3. The third-order valence-corrected chi connectivity index (χ3v) is 2.66. The van der Waals surface area contributed by atoms with Gasteiger partial charge in [-0.1, -0.05) is 29.8 Å². The summed E-state index contributed by atoms with van der Waals surface area (Å²) in [7, 11) is 0. The van der Waals surface area contributed by atoms with E-state index in [1.165, 1.54) is 12.1 Å². The van der Waals surface area contributed by atoms with E-state index in [1.807, 2.05) is 0 Å². The predicted molar refractivity (Wildman–Crippen MR) is 70.0 cm³/mol. The number of fused-ring (bicyclic) bond motifs is 1. The topological polar surface area (TPSA) is 59.3 Å². The Morgan fingerprint density at radius 1 is 1.50 bits per heavy atom. The van der Waals surface area contributed by atoms with Crippen molar-refractivity contribution >= 4 is 28.5 Å². The van der Waals surface area contributed by atoms with Crippen LogP contribution < -0.4 is 10.9 Å². The van der Waals surface area contributed by atoms with Crippen LogP contribution in [0.3, 0.4) is 0 Å². The molecule has 4 nitrogen and oxygen atoms in total. The molecule has 0 unspecified atom stereocenters. The molecule has 1 amide bonds. The number of carbonyl (C=O) groups excluding carboxylic acids is 1. The molecule has 0 saturated heterocycles. The molecule has 2 aromatic rings. The van der Waals surface area contributed by atoms with Crippen LogP contribution in [0.1, 0.15) is 10.4 Å². The number of nitrogens with one attached hydrogen (secondary N) is 1. The third kappa shape index (κ3) is 2.28. The molecule has 1 aromatic heterocycles. The Hall–Kier alpha value is -2.07. The second-order valence-electron chi connectivity index (χ2n) is 3.60. The first-order valence-corrected chi connectivity index (χ1v) is 5.62. The van der Waals surface area contributed by atoms with Gasteiger partial charge in [0.05, 0.1) is 5.02 Å². The maximum Gasteiger partial charge on any atom is 0.349 e. The number of benzene rings is 1. The van der Waals surface area contributed by atoms with Crippen molar-refractivity contribution in [2.75, 3.05) is 6.54 Å². The van der Waals surface area contributed by atoms with Gasteiger partial charge >= 0.3 is 5.63 Å². The van der Waals surface area contributed by atoms with E-state index in [-0.39, 0.29) is 17.7 Å². The molecule has 18 heavy (non-hydrogen) atoms. The van der Waals surface area contributed by atoms with Crippen LogP contribution in [0, 0.1) is 0 Å². The zero-order valence-electron chi connectivity index (χ0n) is 9.40. The van der Waals surface area contributed by atoms with E-state index in [0.29, 0.717) is 10.4 Å². The van der Waals surface area contributed by atoms with E-state index < -0.39 is 11.5 Å². The van der Waals surface area contributed by atoms with Crippen LogP contribution in [-0.4, -0.2) is 12.5 Å². The van der Waals surface area contributed by atoms with Crippen LogP contribution in [0.15, 0.2) is 46.1 Å². The Balaban J connectivity index is 2.53. The summed E-state index contributed by atoms with van der Waals surface area (Å²) in [5, 5.41) is 3.46. The highest BCUT2D eigenvalue weighted by atomic mass is 35.5. The van der Waals surface area contributed by atoms with Gasteiger partial charge in [-0.2, -0.15) is 0 Å². The summed E-state index contributed by atoms with van der Waals surface area (Å²) >= 11 is 5.90. The van der Waals surface area contributed by atoms with Gasteiger partial charge in [0.25, 0.3) is 5.91 Å². The number of carbonyl (C=O) groups is 1. The van der Waals surface area contributed by atoms with Gasteiger partial charge in [0.2, 0.25) is 0 Å². The largest absolute Gasteiger partial charge is 0.421 e. The highest BCUT2D eigenvalue weighted by Gasteiger charge is 2.13. The molecule has 0 saturated carbocycles. The van der Waals surface area contributed by atoms with Gasteiger partial charge in [-0.15, -0.1) is 6.58 Å². The fourth-order valence-corrected chi connectivity index (χ4v) is 1.75. The van der Waals surface area contributed by atoms with Crippen molar-refractivity contribution in [3.8, 4) is 0 Å². The lowest BCUT2D eigenvalue weighted by Gasteiger charge is -2.03. The first-order valence-electron chi connectivity index (χ1n) is 5.25. The summed E-state index contributed by atoms with van der Waals surface area (Å²) in [5.41, 5.74) is -0.479. The first-order chi connectivity index (χ1) is 8.63. The highest BCUT2D eigenvalue weighted by Crippen LogP contribution is 2.22. The van der Waals surface area contributed by atoms with E-state index in [4.69, 9.17) is 16.0 Å². The van der Waals surface area contributed by atoms with Gasteiger partial charge in [0.1, 0.15) is 5.56 Å². The minimum atomic E-state index is -0.711. The van der Waals surface area contributed by atoms with Crippen molar-refractivity contribution in [3.05, 3.63) is 57.9 Å². The molecular weight excluding hydrogens is 254 g/mol. The lowest BCUT2D eigenvalue weighted by molar-refractivity contribution is 0.0954. The minimum absolute atomic E-state index is 0.0494. The number of rotatable bonds is 3. The molecule has 0 bridgehead atoms. The Morgan fingerprint density at radius 2 is 2.28 bits per heavy atom. The number of hydrogen-bond donors (Lipinski definition) is 1. The molecule has 0 fully saturated rings. The summed E-state index contributed by atoms with van der Waals surface area (Å²) < 4.78 is 5.05. The fourth-order valence-electron chi connectivity index (χ4n) is 1.53. The van der Waals surface area contributed by atoms with Crippen molar-refractivity contribution in [1.29, 1.82) is 0 Å². The zero-order chi connectivity index (χ0) is 13.1. The molecule has 0 aliphatic heterocycles. The highest BCUT2D eigenvalue weighted by molar-refractivity contribution is 6.34. The smallest absolute Gasteiger partial charge is 0.349 e. The Kier molecular flexibility index (Phi) is 3.48. The molecule has 0 aliphatic rings. The second-order valence-corrected chi connectivity index (χ2v) is 4.01. The molecule has 0 radical (unpaired) electrons. The van der Waals surface area contributed by atoms with Crippen molar-refractivity contribution in [3.63, 3.8) is 0 Å². The molecule has 1 aromatic carbocycles. The molecular formula is C13H10ClNO3. The summed E-state index contributed by atoms with van der Waals surface area (Å²) in [6, 6.07) is 6.51. The maximum atomic E-state index is 11.7. The molecule has 0 spiro atoms. The van der Waals surface area contributed by atoms with E-state index in [0.717, 1.165) is 0 Å².